The Balaban J connectivity index is 2.16. The molecule has 8 heteroatoms. The maximum atomic E-state index is 13.3. The standard InChI is InChI=1S/C21H21ClN4O3/c1-4-17(20(28)24-15-10-6-5-9-14(15)22)26-18-12-8-7-11-16(18)23-19(21(26)29)25(3)13(2)27/h5-12,17H,4H2,1-3H3,(H,24,28)/t17-/m0/s1. The average Bonchev–Trinajstić information content (AvgIpc) is 2.71. The highest BCUT2D eigenvalue weighted by atomic mass is 35.5. The van der Waals surface area contributed by atoms with E-state index >= 15 is 0 Å². The molecule has 0 aliphatic carbocycles. The molecule has 3 aromatic rings. The van der Waals surface area contributed by atoms with Crippen molar-refractivity contribution < 1.29 is 9.59 Å². The van der Waals surface area contributed by atoms with Gasteiger partial charge in [0.2, 0.25) is 17.6 Å². The first-order chi connectivity index (χ1) is 13.8. The summed E-state index contributed by atoms with van der Waals surface area (Å²) >= 11 is 6.15. The lowest BCUT2D eigenvalue weighted by molar-refractivity contribution is -0.119. The van der Waals surface area contributed by atoms with Gasteiger partial charge in [-0.2, -0.15) is 0 Å². The first-order valence-corrected chi connectivity index (χ1v) is 9.54. The van der Waals surface area contributed by atoms with E-state index in [1.807, 2.05) is 6.92 Å². The fraction of sp³-hybridized carbons (Fsp3) is 0.238. The van der Waals surface area contributed by atoms with Crippen molar-refractivity contribution in [2.75, 3.05) is 17.3 Å². The van der Waals surface area contributed by atoms with Crippen LogP contribution in [0.15, 0.2) is 53.3 Å². The predicted molar refractivity (Wildman–Crippen MR) is 114 cm³/mol. The molecule has 1 atom stereocenters. The van der Waals surface area contributed by atoms with Crippen LogP contribution in [0.25, 0.3) is 11.0 Å². The van der Waals surface area contributed by atoms with E-state index in [2.05, 4.69) is 10.3 Å². The van der Waals surface area contributed by atoms with Crippen molar-refractivity contribution in [3.63, 3.8) is 0 Å². The fourth-order valence-electron chi connectivity index (χ4n) is 3.08. The van der Waals surface area contributed by atoms with Gasteiger partial charge in [0, 0.05) is 14.0 Å². The van der Waals surface area contributed by atoms with E-state index in [-0.39, 0.29) is 17.6 Å². The van der Waals surface area contributed by atoms with Crippen LogP contribution in [-0.2, 0) is 9.59 Å². The molecule has 1 aromatic heterocycles. The Labute approximate surface area is 172 Å². The molecule has 1 N–H and O–H groups in total. The van der Waals surface area contributed by atoms with Gasteiger partial charge < -0.3 is 5.32 Å². The Morgan fingerprint density at radius 3 is 2.48 bits per heavy atom. The minimum atomic E-state index is -0.814. The van der Waals surface area contributed by atoms with Gasteiger partial charge in [0.15, 0.2) is 0 Å². The van der Waals surface area contributed by atoms with Gasteiger partial charge in [-0.3, -0.25) is 23.9 Å². The van der Waals surface area contributed by atoms with Crippen LogP contribution < -0.4 is 15.8 Å². The van der Waals surface area contributed by atoms with Crippen molar-refractivity contribution in [2.24, 2.45) is 0 Å². The summed E-state index contributed by atoms with van der Waals surface area (Å²) in [4.78, 5) is 43.7. The second kappa shape index (κ2) is 8.45. The maximum Gasteiger partial charge on any atom is 0.295 e. The molecular weight excluding hydrogens is 392 g/mol. The highest BCUT2D eigenvalue weighted by Crippen LogP contribution is 2.24. The van der Waals surface area contributed by atoms with Crippen molar-refractivity contribution in [1.29, 1.82) is 0 Å². The molecule has 0 aliphatic heterocycles. The predicted octanol–water partition coefficient (Wildman–Crippen LogP) is 3.62. The summed E-state index contributed by atoms with van der Waals surface area (Å²) in [6.45, 7) is 3.16. The number of benzene rings is 2. The number of amides is 2. The van der Waals surface area contributed by atoms with E-state index in [1.54, 1.807) is 48.5 Å². The van der Waals surface area contributed by atoms with Crippen molar-refractivity contribution in [3.05, 3.63) is 63.9 Å². The van der Waals surface area contributed by atoms with Gasteiger partial charge in [0.25, 0.3) is 5.56 Å². The maximum absolute atomic E-state index is 13.3. The lowest BCUT2D eigenvalue weighted by Gasteiger charge is -2.23. The molecule has 0 bridgehead atoms. The monoisotopic (exact) mass is 412 g/mol. The Hall–Kier alpha value is -3.19. The largest absolute Gasteiger partial charge is 0.323 e. The first kappa shape index (κ1) is 20.5. The van der Waals surface area contributed by atoms with Gasteiger partial charge in [-0.15, -0.1) is 0 Å². The van der Waals surface area contributed by atoms with Crippen LogP contribution >= 0.6 is 11.6 Å². The van der Waals surface area contributed by atoms with Crippen molar-refractivity contribution in [2.45, 2.75) is 26.3 Å². The molecular formula is C21H21ClN4O3. The molecule has 2 amide bonds. The summed E-state index contributed by atoms with van der Waals surface area (Å²) in [5, 5.41) is 3.19. The summed E-state index contributed by atoms with van der Waals surface area (Å²) < 4.78 is 1.39. The van der Waals surface area contributed by atoms with Gasteiger partial charge in [-0.1, -0.05) is 42.8 Å². The van der Waals surface area contributed by atoms with E-state index in [4.69, 9.17) is 11.6 Å². The van der Waals surface area contributed by atoms with Crippen molar-refractivity contribution in [3.8, 4) is 0 Å². The third-order valence-corrected chi connectivity index (χ3v) is 5.03. The molecule has 0 radical (unpaired) electrons. The number of nitrogens with zero attached hydrogens (tertiary/aromatic N) is 3. The molecule has 150 valence electrons. The van der Waals surface area contributed by atoms with E-state index in [0.717, 1.165) is 0 Å². The molecule has 0 saturated carbocycles. The molecule has 1 heterocycles. The van der Waals surface area contributed by atoms with Crippen LogP contribution in [0.1, 0.15) is 26.3 Å². The zero-order chi connectivity index (χ0) is 21.1. The van der Waals surface area contributed by atoms with Gasteiger partial charge in [-0.25, -0.2) is 4.98 Å². The molecule has 0 saturated heterocycles. The highest BCUT2D eigenvalue weighted by molar-refractivity contribution is 6.33. The Kier molecular flexibility index (Phi) is 5.98. The van der Waals surface area contributed by atoms with Crippen LogP contribution in [0, 0.1) is 0 Å². The second-order valence-corrected chi connectivity index (χ2v) is 6.98. The minimum Gasteiger partial charge on any atom is -0.323 e. The second-order valence-electron chi connectivity index (χ2n) is 6.57. The summed E-state index contributed by atoms with van der Waals surface area (Å²) in [7, 11) is 1.48. The van der Waals surface area contributed by atoms with Crippen LogP contribution in [0.2, 0.25) is 5.02 Å². The highest BCUT2D eigenvalue weighted by Gasteiger charge is 2.26. The SMILES string of the molecule is CC[C@@H](C(=O)Nc1ccccc1Cl)n1c(=O)c(N(C)C(C)=O)nc2ccccc21. The van der Waals surface area contributed by atoms with E-state index in [9.17, 15) is 14.4 Å². The lowest BCUT2D eigenvalue weighted by Crippen LogP contribution is -2.38. The van der Waals surface area contributed by atoms with Crippen LogP contribution in [-0.4, -0.2) is 28.4 Å². The normalized spacial score (nSPS) is 11.9. The van der Waals surface area contributed by atoms with E-state index in [0.29, 0.717) is 28.2 Å². The summed E-state index contributed by atoms with van der Waals surface area (Å²) in [5.41, 5.74) is 0.978. The zero-order valence-electron chi connectivity index (χ0n) is 16.3. The molecule has 7 nitrogen and oxygen atoms in total. The van der Waals surface area contributed by atoms with Gasteiger partial charge in [-0.05, 0) is 30.7 Å². The number of hydrogen-bond donors (Lipinski definition) is 1. The molecule has 0 spiro atoms. The smallest absolute Gasteiger partial charge is 0.295 e. The first-order valence-electron chi connectivity index (χ1n) is 9.16. The quantitative estimate of drug-likeness (QED) is 0.693. The summed E-state index contributed by atoms with van der Waals surface area (Å²) in [6, 6.07) is 13.1. The molecule has 3 rings (SSSR count). The van der Waals surface area contributed by atoms with Gasteiger partial charge >= 0.3 is 0 Å². The van der Waals surface area contributed by atoms with E-state index < -0.39 is 11.6 Å². The number of rotatable bonds is 5. The van der Waals surface area contributed by atoms with Crippen LogP contribution in [0.4, 0.5) is 11.5 Å². The number of aromatic nitrogens is 2. The van der Waals surface area contributed by atoms with Crippen LogP contribution in [0.5, 0.6) is 0 Å². The Morgan fingerprint density at radius 1 is 1.17 bits per heavy atom. The average molecular weight is 413 g/mol. The number of nitrogens with one attached hydrogen (secondary N) is 1. The lowest BCUT2D eigenvalue weighted by atomic mass is 10.1. The zero-order valence-corrected chi connectivity index (χ0v) is 17.1. The molecule has 0 fully saturated rings. The van der Waals surface area contributed by atoms with E-state index in [1.165, 1.54) is 23.4 Å². The Bertz CT molecular complexity index is 1140. The fourth-order valence-corrected chi connectivity index (χ4v) is 3.27. The molecule has 0 unspecified atom stereocenters. The third-order valence-electron chi connectivity index (χ3n) is 4.70. The van der Waals surface area contributed by atoms with Crippen molar-refractivity contribution >= 4 is 46.0 Å². The molecule has 2 aromatic carbocycles. The third kappa shape index (κ3) is 4.00. The number of carbonyl (C=O) groups is 2. The number of anilines is 2. The van der Waals surface area contributed by atoms with Crippen molar-refractivity contribution in [1.82, 2.24) is 9.55 Å². The number of carbonyl (C=O) groups excluding carboxylic acids is 2. The molecule has 0 aliphatic rings. The summed E-state index contributed by atoms with van der Waals surface area (Å²) in [5.74, 6) is -0.735. The Morgan fingerprint density at radius 2 is 1.83 bits per heavy atom. The molecule has 29 heavy (non-hydrogen) atoms. The number of halogens is 1. The number of fused-ring (bicyclic) bond motifs is 1. The van der Waals surface area contributed by atoms with Gasteiger partial charge in [0.05, 0.1) is 21.7 Å². The number of para-hydroxylation sites is 3. The summed E-state index contributed by atoms with van der Waals surface area (Å²) in [6.07, 6.45) is 0.355. The van der Waals surface area contributed by atoms with Crippen LogP contribution in [0.3, 0.4) is 0 Å². The topological polar surface area (TPSA) is 84.3 Å². The minimum absolute atomic E-state index is 0.0276. The van der Waals surface area contributed by atoms with Gasteiger partial charge in [0.1, 0.15) is 6.04 Å². The number of hydrogen-bond acceptors (Lipinski definition) is 4.